The van der Waals surface area contributed by atoms with E-state index in [0.717, 1.165) is 11.1 Å². The zero-order valence-corrected chi connectivity index (χ0v) is 17.2. The predicted octanol–water partition coefficient (Wildman–Crippen LogP) is 2.97. The van der Waals surface area contributed by atoms with E-state index in [2.05, 4.69) is 4.72 Å². The first-order chi connectivity index (χ1) is 13.3. The first-order valence-corrected chi connectivity index (χ1v) is 10.5. The van der Waals surface area contributed by atoms with Crippen molar-refractivity contribution in [3.63, 3.8) is 0 Å². The number of benzene rings is 2. The molecule has 28 heavy (non-hydrogen) atoms. The van der Waals surface area contributed by atoms with E-state index >= 15 is 0 Å². The normalized spacial score (nSPS) is 14.1. The highest BCUT2D eigenvalue weighted by Crippen LogP contribution is 2.30. The minimum Gasteiger partial charge on any atom is -0.496 e. The largest absolute Gasteiger partial charge is 0.496 e. The van der Waals surface area contributed by atoms with E-state index in [0.29, 0.717) is 42.4 Å². The number of rotatable bonds is 5. The molecular formula is C20H24N2O5S. The summed E-state index contributed by atoms with van der Waals surface area (Å²) < 4.78 is 39.2. The second kappa shape index (κ2) is 7.71. The van der Waals surface area contributed by atoms with Gasteiger partial charge < -0.3 is 14.4 Å². The Kier molecular flexibility index (Phi) is 5.51. The van der Waals surface area contributed by atoms with Gasteiger partial charge in [0.05, 0.1) is 24.1 Å². The van der Waals surface area contributed by atoms with Crippen LogP contribution >= 0.6 is 0 Å². The summed E-state index contributed by atoms with van der Waals surface area (Å²) in [7, 11) is -2.28. The van der Waals surface area contributed by atoms with E-state index in [1.165, 1.54) is 6.07 Å². The van der Waals surface area contributed by atoms with Gasteiger partial charge in [0.25, 0.3) is 15.9 Å². The van der Waals surface area contributed by atoms with Gasteiger partial charge in [-0.3, -0.25) is 9.52 Å². The number of anilines is 1. The van der Waals surface area contributed by atoms with E-state index in [1.54, 1.807) is 50.1 Å². The maximum absolute atomic E-state index is 12.9. The Morgan fingerprint density at radius 3 is 2.46 bits per heavy atom. The molecule has 0 fully saturated rings. The maximum atomic E-state index is 12.9. The van der Waals surface area contributed by atoms with Crippen LogP contribution in [0.1, 0.15) is 28.4 Å². The van der Waals surface area contributed by atoms with E-state index in [1.807, 2.05) is 6.92 Å². The molecule has 0 unspecified atom stereocenters. The summed E-state index contributed by atoms with van der Waals surface area (Å²) in [5.41, 5.74) is 2.11. The molecule has 150 valence electrons. The SMILES string of the molecule is CCN1CCOc2ccc(NS(=O)(=O)c3cc(C)c(OC)c(C)c3)cc2C1=O. The van der Waals surface area contributed by atoms with Gasteiger partial charge >= 0.3 is 0 Å². The number of ether oxygens (including phenoxy) is 2. The van der Waals surface area contributed by atoms with E-state index in [4.69, 9.17) is 9.47 Å². The second-order valence-electron chi connectivity index (χ2n) is 6.64. The van der Waals surface area contributed by atoms with Crippen LogP contribution in [0.5, 0.6) is 11.5 Å². The molecule has 2 aromatic carbocycles. The lowest BCUT2D eigenvalue weighted by Gasteiger charge is -2.17. The number of sulfonamides is 1. The van der Waals surface area contributed by atoms with Crippen LogP contribution in [0.4, 0.5) is 5.69 Å². The standard InChI is InChI=1S/C20H24N2O5S/c1-5-22-8-9-27-18-7-6-15(12-17(18)20(22)23)21-28(24,25)16-10-13(2)19(26-4)14(3)11-16/h6-7,10-12,21H,5,8-9H2,1-4H3. The molecule has 0 bridgehead atoms. The van der Waals surface area contributed by atoms with Gasteiger partial charge in [-0.15, -0.1) is 0 Å². The smallest absolute Gasteiger partial charge is 0.261 e. The van der Waals surface area contributed by atoms with Crippen LogP contribution in [-0.2, 0) is 10.0 Å². The molecule has 1 amide bonds. The molecule has 7 nitrogen and oxygen atoms in total. The minimum absolute atomic E-state index is 0.135. The molecule has 3 rings (SSSR count). The van der Waals surface area contributed by atoms with Crippen molar-refractivity contribution >= 4 is 21.6 Å². The van der Waals surface area contributed by atoms with Crippen molar-refractivity contribution in [1.29, 1.82) is 0 Å². The number of carbonyl (C=O) groups is 1. The number of fused-ring (bicyclic) bond motifs is 1. The first kappa shape index (κ1) is 20.0. The second-order valence-corrected chi connectivity index (χ2v) is 8.32. The van der Waals surface area contributed by atoms with E-state index < -0.39 is 10.0 Å². The highest BCUT2D eigenvalue weighted by molar-refractivity contribution is 7.92. The fourth-order valence-electron chi connectivity index (χ4n) is 3.33. The van der Waals surface area contributed by atoms with Gasteiger partial charge in [-0.1, -0.05) is 0 Å². The number of carbonyl (C=O) groups excluding carboxylic acids is 1. The van der Waals surface area contributed by atoms with Crippen LogP contribution in [0, 0.1) is 13.8 Å². The molecule has 0 radical (unpaired) electrons. The van der Waals surface area contributed by atoms with E-state index in [9.17, 15) is 13.2 Å². The molecule has 0 aliphatic carbocycles. The first-order valence-electron chi connectivity index (χ1n) is 9.01. The highest BCUT2D eigenvalue weighted by atomic mass is 32.2. The number of likely N-dealkylation sites (N-methyl/N-ethyl adjacent to an activating group) is 1. The number of hydrogen-bond acceptors (Lipinski definition) is 5. The fourth-order valence-corrected chi connectivity index (χ4v) is 4.55. The predicted molar refractivity (Wildman–Crippen MR) is 107 cm³/mol. The summed E-state index contributed by atoms with van der Waals surface area (Å²) in [6.45, 7) is 6.94. The van der Waals surface area contributed by atoms with Gasteiger partial charge in [0.15, 0.2) is 0 Å². The Balaban J connectivity index is 1.95. The molecule has 1 N–H and O–H groups in total. The molecule has 0 atom stereocenters. The van der Waals surface area contributed by atoms with Gasteiger partial charge in [-0.05, 0) is 62.2 Å². The lowest BCUT2D eigenvalue weighted by Crippen LogP contribution is -2.32. The van der Waals surface area contributed by atoms with Crippen molar-refractivity contribution in [3.8, 4) is 11.5 Å². The lowest BCUT2D eigenvalue weighted by molar-refractivity contribution is 0.0765. The van der Waals surface area contributed by atoms with Crippen molar-refractivity contribution in [2.45, 2.75) is 25.7 Å². The molecule has 0 saturated carbocycles. The van der Waals surface area contributed by atoms with Crippen LogP contribution in [0.15, 0.2) is 35.2 Å². The molecule has 2 aromatic rings. The number of nitrogens with one attached hydrogen (secondary N) is 1. The third-order valence-corrected chi connectivity index (χ3v) is 6.06. The average Bonchev–Trinajstić information content (AvgIpc) is 2.80. The van der Waals surface area contributed by atoms with Crippen molar-refractivity contribution in [2.75, 3.05) is 31.5 Å². The molecule has 1 heterocycles. The van der Waals surface area contributed by atoms with Crippen molar-refractivity contribution in [3.05, 3.63) is 47.0 Å². The van der Waals surface area contributed by atoms with Gasteiger partial charge in [-0.2, -0.15) is 0 Å². The molecule has 8 heteroatoms. The van der Waals surface area contributed by atoms with Gasteiger partial charge in [-0.25, -0.2) is 8.42 Å². The Labute approximate surface area is 165 Å². The zero-order chi connectivity index (χ0) is 20.5. The summed E-state index contributed by atoms with van der Waals surface area (Å²) in [4.78, 5) is 14.5. The van der Waals surface area contributed by atoms with Crippen LogP contribution in [0.3, 0.4) is 0 Å². The third kappa shape index (κ3) is 3.77. The van der Waals surface area contributed by atoms with Crippen molar-refractivity contribution in [1.82, 2.24) is 4.90 Å². The zero-order valence-electron chi connectivity index (χ0n) is 16.4. The number of hydrogen-bond donors (Lipinski definition) is 1. The molecular weight excluding hydrogens is 380 g/mol. The minimum atomic E-state index is -3.83. The van der Waals surface area contributed by atoms with Gasteiger partial charge in [0.2, 0.25) is 0 Å². The quantitative estimate of drug-likeness (QED) is 0.828. The van der Waals surface area contributed by atoms with Crippen molar-refractivity contribution < 1.29 is 22.7 Å². The number of nitrogens with zero attached hydrogens (tertiary/aromatic N) is 1. The summed E-state index contributed by atoms with van der Waals surface area (Å²) in [5, 5.41) is 0. The Hall–Kier alpha value is -2.74. The number of methoxy groups -OCH3 is 1. The van der Waals surface area contributed by atoms with Crippen LogP contribution in [0.2, 0.25) is 0 Å². The van der Waals surface area contributed by atoms with E-state index in [-0.39, 0.29) is 10.8 Å². The molecule has 1 aliphatic heterocycles. The van der Waals surface area contributed by atoms with Gasteiger partial charge in [0.1, 0.15) is 18.1 Å². The van der Waals surface area contributed by atoms with Crippen LogP contribution < -0.4 is 14.2 Å². The molecule has 0 aromatic heterocycles. The summed E-state index contributed by atoms with van der Waals surface area (Å²) in [6, 6.07) is 7.85. The Morgan fingerprint density at radius 1 is 1.18 bits per heavy atom. The Morgan fingerprint density at radius 2 is 1.86 bits per heavy atom. The molecule has 0 spiro atoms. The molecule has 1 aliphatic rings. The average molecular weight is 404 g/mol. The number of aryl methyl sites for hydroxylation is 2. The summed E-state index contributed by atoms with van der Waals surface area (Å²) in [6.07, 6.45) is 0. The van der Waals surface area contributed by atoms with Gasteiger partial charge in [0, 0.05) is 12.2 Å². The van der Waals surface area contributed by atoms with Crippen LogP contribution in [-0.4, -0.2) is 46.0 Å². The number of amides is 1. The summed E-state index contributed by atoms with van der Waals surface area (Å²) >= 11 is 0. The van der Waals surface area contributed by atoms with Crippen LogP contribution in [0.25, 0.3) is 0 Å². The topological polar surface area (TPSA) is 84.9 Å². The third-order valence-electron chi connectivity index (χ3n) is 4.70. The Bertz CT molecular complexity index is 994. The fraction of sp³-hybridized carbons (Fsp3) is 0.350. The lowest BCUT2D eigenvalue weighted by atomic mass is 10.1. The maximum Gasteiger partial charge on any atom is 0.261 e. The summed E-state index contributed by atoms with van der Waals surface area (Å²) in [5.74, 6) is 0.943. The molecule has 0 saturated heterocycles. The highest BCUT2D eigenvalue weighted by Gasteiger charge is 2.24. The van der Waals surface area contributed by atoms with Crippen molar-refractivity contribution in [2.24, 2.45) is 0 Å². The monoisotopic (exact) mass is 404 g/mol.